The first-order valence-electron chi connectivity index (χ1n) is 4.75. The highest BCUT2D eigenvalue weighted by Gasteiger charge is 2.66. The van der Waals surface area contributed by atoms with Crippen LogP contribution in [0.3, 0.4) is 0 Å². The highest BCUT2D eigenvalue weighted by atomic mass is 19.3. The zero-order valence-electron chi connectivity index (χ0n) is 7.45. The highest BCUT2D eigenvalue weighted by Crippen LogP contribution is 2.53. The van der Waals surface area contributed by atoms with Crippen LogP contribution in [0.5, 0.6) is 0 Å². The van der Waals surface area contributed by atoms with Crippen molar-refractivity contribution in [3.63, 3.8) is 0 Å². The zero-order chi connectivity index (χ0) is 8.82. The third-order valence-electron chi connectivity index (χ3n) is 3.49. The van der Waals surface area contributed by atoms with Gasteiger partial charge in [0.05, 0.1) is 12.1 Å². The molecule has 1 spiro atoms. The predicted octanol–water partition coefficient (Wildman–Crippen LogP) is 2.27. The zero-order valence-corrected chi connectivity index (χ0v) is 7.45. The fraction of sp³-hybridized carbons (Fsp3) is 1.00. The van der Waals surface area contributed by atoms with Crippen molar-refractivity contribution < 1.29 is 8.78 Å². The molecule has 0 aromatic carbocycles. The van der Waals surface area contributed by atoms with E-state index < -0.39 is 11.5 Å². The largest absolute Gasteiger partial charge is 0.286 e. The van der Waals surface area contributed by atoms with E-state index in [1.807, 2.05) is 11.8 Å². The number of nitrogens with zero attached hydrogens (tertiary/aromatic N) is 1. The standard InChI is InChI=1S/C9H15F2N/c1-2-12-7-9(10,11)8(12)5-3-4-6-8/h2-7H2,1H3. The SMILES string of the molecule is CCN1CC(F)(F)C12CCCC2. The molecule has 0 aromatic heterocycles. The van der Waals surface area contributed by atoms with Crippen molar-refractivity contribution in [2.75, 3.05) is 13.1 Å². The monoisotopic (exact) mass is 175 g/mol. The summed E-state index contributed by atoms with van der Waals surface area (Å²) >= 11 is 0. The average Bonchev–Trinajstić information content (AvgIpc) is 2.50. The van der Waals surface area contributed by atoms with Gasteiger partial charge in [0.25, 0.3) is 5.92 Å². The Balaban J connectivity index is 2.18. The smallest absolute Gasteiger partial charge is 0.278 e. The topological polar surface area (TPSA) is 3.24 Å². The second-order valence-corrected chi connectivity index (χ2v) is 3.96. The van der Waals surface area contributed by atoms with E-state index in [-0.39, 0.29) is 6.54 Å². The van der Waals surface area contributed by atoms with E-state index >= 15 is 0 Å². The quantitative estimate of drug-likeness (QED) is 0.591. The first kappa shape index (κ1) is 8.42. The van der Waals surface area contributed by atoms with Crippen LogP contribution in [-0.2, 0) is 0 Å². The van der Waals surface area contributed by atoms with Crippen LogP contribution < -0.4 is 0 Å². The van der Waals surface area contributed by atoms with Crippen LogP contribution in [0.4, 0.5) is 8.78 Å². The van der Waals surface area contributed by atoms with Gasteiger partial charge in [0.2, 0.25) is 0 Å². The van der Waals surface area contributed by atoms with Crippen molar-refractivity contribution in [1.82, 2.24) is 4.90 Å². The lowest BCUT2D eigenvalue weighted by Gasteiger charge is -2.56. The van der Waals surface area contributed by atoms with Crippen molar-refractivity contribution in [2.45, 2.75) is 44.1 Å². The highest BCUT2D eigenvalue weighted by molar-refractivity contribution is 5.14. The van der Waals surface area contributed by atoms with Crippen molar-refractivity contribution in [3.8, 4) is 0 Å². The summed E-state index contributed by atoms with van der Waals surface area (Å²) in [7, 11) is 0. The number of rotatable bonds is 1. The maximum Gasteiger partial charge on any atom is 0.278 e. The van der Waals surface area contributed by atoms with E-state index in [0.717, 1.165) is 19.4 Å². The third-order valence-corrected chi connectivity index (χ3v) is 3.49. The third kappa shape index (κ3) is 0.804. The molecule has 0 unspecified atom stereocenters. The normalized spacial score (nSPS) is 32.2. The molecule has 12 heavy (non-hydrogen) atoms. The van der Waals surface area contributed by atoms with Gasteiger partial charge in [-0.15, -0.1) is 0 Å². The van der Waals surface area contributed by atoms with Gasteiger partial charge >= 0.3 is 0 Å². The number of hydrogen-bond acceptors (Lipinski definition) is 1. The molecule has 0 aromatic rings. The van der Waals surface area contributed by atoms with Crippen LogP contribution >= 0.6 is 0 Å². The molecule has 70 valence electrons. The van der Waals surface area contributed by atoms with Crippen LogP contribution in [0.2, 0.25) is 0 Å². The van der Waals surface area contributed by atoms with Crippen LogP contribution in [0.25, 0.3) is 0 Å². The molecule has 1 heterocycles. The minimum Gasteiger partial charge on any atom is -0.286 e. The second-order valence-electron chi connectivity index (χ2n) is 3.96. The molecular weight excluding hydrogens is 160 g/mol. The Morgan fingerprint density at radius 2 is 1.83 bits per heavy atom. The van der Waals surface area contributed by atoms with Crippen molar-refractivity contribution >= 4 is 0 Å². The summed E-state index contributed by atoms with van der Waals surface area (Å²) in [6, 6.07) is 0. The maximum absolute atomic E-state index is 13.3. The Kier molecular flexibility index (Phi) is 1.69. The summed E-state index contributed by atoms with van der Waals surface area (Å²) < 4.78 is 26.6. The number of hydrogen-bond donors (Lipinski definition) is 0. The molecule has 1 saturated heterocycles. The molecule has 1 saturated carbocycles. The van der Waals surface area contributed by atoms with Gasteiger partial charge in [-0.05, 0) is 19.4 Å². The Bertz CT molecular complexity index is 185. The van der Waals surface area contributed by atoms with Gasteiger partial charge in [0, 0.05) is 0 Å². The van der Waals surface area contributed by atoms with Gasteiger partial charge in [-0.1, -0.05) is 19.8 Å². The van der Waals surface area contributed by atoms with E-state index in [9.17, 15) is 8.78 Å². The molecule has 0 N–H and O–H groups in total. The van der Waals surface area contributed by atoms with Crippen molar-refractivity contribution in [2.24, 2.45) is 0 Å². The van der Waals surface area contributed by atoms with Crippen LogP contribution in [0.15, 0.2) is 0 Å². The van der Waals surface area contributed by atoms with Crippen molar-refractivity contribution in [3.05, 3.63) is 0 Å². The summed E-state index contributed by atoms with van der Waals surface area (Å²) in [5.41, 5.74) is -0.720. The lowest BCUT2D eigenvalue weighted by atomic mass is 9.79. The first-order valence-corrected chi connectivity index (χ1v) is 4.75. The molecule has 0 atom stereocenters. The van der Waals surface area contributed by atoms with E-state index in [2.05, 4.69) is 0 Å². The first-order chi connectivity index (χ1) is 5.62. The maximum atomic E-state index is 13.3. The summed E-state index contributed by atoms with van der Waals surface area (Å²) in [5, 5.41) is 0. The summed E-state index contributed by atoms with van der Waals surface area (Å²) in [6.07, 6.45) is 3.36. The molecule has 1 nitrogen and oxygen atoms in total. The van der Waals surface area contributed by atoms with Gasteiger partial charge < -0.3 is 0 Å². The Hall–Kier alpha value is -0.180. The minimum absolute atomic E-state index is 0.0104. The van der Waals surface area contributed by atoms with Crippen LogP contribution in [0, 0.1) is 0 Å². The Morgan fingerprint density at radius 3 is 2.25 bits per heavy atom. The Morgan fingerprint density at radius 1 is 1.25 bits per heavy atom. The molecule has 1 aliphatic carbocycles. The summed E-state index contributed by atoms with van der Waals surface area (Å²) in [5.74, 6) is -2.40. The minimum atomic E-state index is -2.40. The molecule has 2 fully saturated rings. The van der Waals surface area contributed by atoms with E-state index in [4.69, 9.17) is 0 Å². The predicted molar refractivity (Wildman–Crippen MR) is 43.4 cm³/mol. The number of halogens is 2. The van der Waals surface area contributed by atoms with Gasteiger partial charge in [0.15, 0.2) is 0 Å². The average molecular weight is 175 g/mol. The molecule has 0 amide bonds. The lowest BCUT2D eigenvalue weighted by Crippen LogP contribution is -2.73. The van der Waals surface area contributed by atoms with Crippen molar-refractivity contribution in [1.29, 1.82) is 0 Å². The second kappa shape index (κ2) is 2.41. The van der Waals surface area contributed by atoms with Crippen LogP contribution in [0.1, 0.15) is 32.6 Å². The van der Waals surface area contributed by atoms with E-state index in [0.29, 0.717) is 12.8 Å². The molecule has 2 rings (SSSR count). The van der Waals surface area contributed by atoms with Gasteiger partial charge in [-0.25, -0.2) is 8.78 Å². The number of alkyl halides is 2. The van der Waals surface area contributed by atoms with Gasteiger partial charge in [-0.2, -0.15) is 0 Å². The molecule has 0 bridgehead atoms. The van der Waals surface area contributed by atoms with E-state index in [1.165, 1.54) is 0 Å². The Labute approximate surface area is 71.7 Å². The van der Waals surface area contributed by atoms with Gasteiger partial charge in [0.1, 0.15) is 0 Å². The fourth-order valence-corrected chi connectivity index (χ4v) is 2.73. The summed E-state index contributed by atoms with van der Waals surface area (Å²) in [6.45, 7) is 2.73. The van der Waals surface area contributed by atoms with Crippen LogP contribution in [-0.4, -0.2) is 29.5 Å². The molecule has 0 radical (unpaired) electrons. The fourth-order valence-electron chi connectivity index (χ4n) is 2.73. The summed E-state index contributed by atoms with van der Waals surface area (Å²) in [4.78, 5) is 1.94. The molecule has 2 aliphatic rings. The van der Waals surface area contributed by atoms with E-state index in [1.54, 1.807) is 0 Å². The van der Waals surface area contributed by atoms with Gasteiger partial charge in [-0.3, -0.25) is 4.90 Å². The lowest BCUT2D eigenvalue weighted by molar-refractivity contribution is -0.241. The molecule has 3 heteroatoms. The number of likely N-dealkylation sites (tertiary alicyclic amines) is 1. The molecular formula is C9H15F2N. The molecule has 1 aliphatic heterocycles.